The van der Waals surface area contributed by atoms with Gasteiger partial charge in [0.2, 0.25) is 0 Å². The molecule has 2 aromatic rings. The third kappa shape index (κ3) is 2.06. The largest absolute Gasteiger partial charge is 0.317 e. The standard InChI is InChI=1S/C11H14BrN3/c1-7(13-2)6-8-4-3-5-9-10(8)14-15-11(9)12/h3-5,7,13H,6H2,1-2H3,(H,14,15). The molecule has 1 aromatic carbocycles. The maximum atomic E-state index is 4.31. The van der Waals surface area contributed by atoms with Crippen LogP contribution < -0.4 is 5.32 Å². The van der Waals surface area contributed by atoms with Crippen molar-refractivity contribution in [1.82, 2.24) is 15.5 Å². The SMILES string of the molecule is CNC(C)Cc1cccc2c(Br)[nH]nc12. The highest BCUT2D eigenvalue weighted by Gasteiger charge is 2.09. The van der Waals surface area contributed by atoms with Crippen molar-refractivity contribution in [2.24, 2.45) is 0 Å². The van der Waals surface area contributed by atoms with Gasteiger partial charge < -0.3 is 5.32 Å². The van der Waals surface area contributed by atoms with E-state index in [4.69, 9.17) is 0 Å². The Hall–Kier alpha value is -0.870. The molecule has 2 N–H and O–H groups in total. The number of nitrogens with one attached hydrogen (secondary N) is 2. The average molecular weight is 268 g/mol. The van der Waals surface area contributed by atoms with Gasteiger partial charge >= 0.3 is 0 Å². The highest BCUT2D eigenvalue weighted by molar-refractivity contribution is 9.10. The predicted molar refractivity (Wildman–Crippen MR) is 66.0 cm³/mol. The molecule has 1 aromatic heterocycles. The molecule has 0 spiro atoms. The number of aromatic nitrogens is 2. The Kier molecular flexibility index (Phi) is 3.07. The van der Waals surface area contributed by atoms with E-state index in [1.165, 1.54) is 5.56 Å². The van der Waals surface area contributed by atoms with Crippen LogP contribution in [0.4, 0.5) is 0 Å². The van der Waals surface area contributed by atoms with Gasteiger partial charge in [-0.1, -0.05) is 18.2 Å². The van der Waals surface area contributed by atoms with Crippen LogP contribution in [0.15, 0.2) is 22.8 Å². The van der Waals surface area contributed by atoms with Crippen LogP contribution in [0, 0.1) is 0 Å². The van der Waals surface area contributed by atoms with E-state index in [9.17, 15) is 0 Å². The molecule has 0 fully saturated rings. The van der Waals surface area contributed by atoms with E-state index < -0.39 is 0 Å². The van der Waals surface area contributed by atoms with Crippen LogP contribution in [0.5, 0.6) is 0 Å². The van der Waals surface area contributed by atoms with Gasteiger partial charge in [0.15, 0.2) is 0 Å². The van der Waals surface area contributed by atoms with Gasteiger partial charge in [-0.3, -0.25) is 5.10 Å². The molecule has 1 unspecified atom stereocenters. The molecule has 0 aliphatic rings. The summed E-state index contributed by atoms with van der Waals surface area (Å²) >= 11 is 3.45. The molecule has 0 aliphatic heterocycles. The smallest absolute Gasteiger partial charge is 0.108 e. The van der Waals surface area contributed by atoms with Crippen molar-refractivity contribution >= 4 is 26.8 Å². The quantitative estimate of drug-likeness (QED) is 0.897. The van der Waals surface area contributed by atoms with Gasteiger partial charge in [0.05, 0.1) is 5.52 Å². The molecule has 2 rings (SSSR count). The molecule has 15 heavy (non-hydrogen) atoms. The maximum absolute atomic E-state index is 4.31. The van der Waals surface area contributed by atoms with Crippen molar-refractivity contribution in [1.29, 1.82) is 0 Å². The van der Waals surface area contributed by atoms with E-state index in [1.54, 1.807) is 0 Å². The number of rotatable bonds is 3. The van der Waals surface area contributed by atoms with Gasteiger partial charge in [0, 0.05) is 11.4 Å². The first kappa shape index (κ1) is 10.6. The van der Waals surface area contributed by atoms with Crippen molar-refractivity contribution in [3.05, 3.63) is 28.4 Å². The van der Waals surface area contributed by atoms with Gasteiger partial charge in [0.1, 0.15) is 4.60 Å². The van der Waals surface area contributed by atoms with Crippen LogP contribution in [-0.4, -0.2) is 23.3 Å². The third-order valence-electron chi connectivity index (χ3n) is 2.64. The Bertz CT molecular complexity index is 464. The van der Waals surface area contributed by atoms with Crippen LogP contribution >= 0.6 is 15.9 Å². The number of likely N-dealkylation sites (N-methyl/N-ethyl adjacent to an activating group) is 1. The van der Waals surface area contributed by atoms with Crippen LogP contribution in [0.3, 0.4) is 0 Å². The Labute approximate surface area is 97.4 Å². The fourth-order valence-corrected chi connectivity index (χ4v) is 2.07. The number of H-pyrrole nitrogens is 1. The lowest BCUT2D eigenvalue weighted by atomic mass is 10.0. The minimum Gasteiger partial charge on any atom is -0.317 e. The fourth-order valence-electron chi connectivity index (χ4n) is 1.66. The second-order valence-electron chi connectivity index (χ2n) is 3.74. The number of fused-ring (bicyclic) bond motifs is 1. The van der Waals surface area contributed by atoms with E-state index in [2.05, 4.69) is 56.6 Å². The summed E-state index contributed by atoms with van der Waals surface area (Å²) < 4.78 is 0.955. The average Bonchev–Trinajstić information content (AvgIpc) is 2.62. The van der Waals surface area contributed by atoms with E-state index in [0.717, 1.165) is 21.9 Å². The topological polar surface area (TPSA) is 40.7 Å². The molecular weight excluding hydrogens is 254 g/mol. The summed E-state index contributed by atoms with van der Waals surface area (Å²) in [6.07, 6.45) is 0.991. The van der Waals surface area contributed by atoms with Crippen molar-refractivity contribution in [2.75, 3.05) is 7.05 Å². The molecule has 1 atom stereocenters. The first-order valence-electron chi connectivity index (χ1n) is 5.01. The number of nitrogens with zero attached hydrogens (tertiary/aromatic N) is 1. The predicted octanol–water partition coefficient (Wildman–Crippen LogP) is 2.48. The summed E-state index contributed by atoms with van der Waals surface area (Å²) in [7, 11) is 1.98. The molecule has 0 aliphatic carbocycles. The second kappa shape index (κ2) is 4.33. The first-order chi connectivity index (χ1) is 7.22. The molecule has 1 heterocycles. The number of hydrogen-bond acceptors (Lipinski definition) is 2. The second-order valence-corrected chi connectivity index (χ2v) is 4.54. The lowest BCUT2D eigenvalue weighted by Crippen LogP contribution is -2.23. The van der Waals surface area contributed by atoms with Gasteiger partial charge in [0.25, 0.3) is 0 Å². The lowest BCUT2D eigenvalue weighted by molar-refractivity contribution is 0.610. The Morgan fingerprint density at radius 1 is 1.53 bits per heavy atom. The first-order valence-corrected chi connectivity index (χ1v) is 5.80. The normalized spacial score (nSPS) is 13.3. The number of hydrogen-bond donors (Lipinski definition) is 2. The summed E-state index contributed by atoms with van der Waals surface area (Å²) in [4.78, 5) is 0. The minimum absolute atomic E-state index is 0.464. The number of para-hydroxylation sites is 1. The van der Waals surface area contributed by atoms with E-state index in [1.807, 2.05) is 7.05 Å². The monoisotopic (exact) mass is 267 g/mol. The Morgan fingerprint density at radius 3 is 3.07 bits per heavy atom. The fraction of sp³-hybridized carbons (Fsp3) is 0.364. The molecular formula is C11H14BrN3. The van der Waals surface area contributed by atoms with Crippen LogP contribution in [0.1, 0.15) is 12.5 Å². The summed E-state index contributed by atoms with van der Waals surface area (Å²) in [5, 5.41) is 11.6. The molecule has 0 saturated carbocycles. The lowest BCUT2D eigenvalue weighted by Gasteiger charge is -2.09. The molecule has 3 nitrogen and oxygen atoms in total. The molecule has 0 radical (unpaired) electrons. The van der Waals surface area contributed by atoms with Crippen molar-refractivity contribution < 1.29 is 0 Å². The number of benzene rings is 1. The highest BCUT2D eigenvalue weighted by atomic mass is 79.9. The molecule has 80 valence electrons. The summed E-state index contributed by atoms with van der Waals surface area (Å²) in [6, 6.07) is 6.73. The van der Waals surface area contributed by atoms with E-state index in [0.29, 0.717) is 6.04 Å². The van der Waals surface area contributed by atoms with Gasteiger partial charge in [-0.15, -0.1) is 0 Å². The zero-order valence-corrected chi connectivity index (χ0v) is 10.4. The zero-order valence-electron chi connectivity index (χ0n) is 8.84. The van der Waals surface area contributed by atoms with E-state index in [-0.39, 0.29) is 0 Å². The van der Waals surface area contributed by atoms with Crippen LogP contribution in [0.2, 0.25) is 0 Å². The molecule has 0 saturated heterocycles. The van der Waals surface area contributed by atoms with Crippen molar-refractivity contribution in [3.8, 4) is 0 Å². The molecule has 0 amide bonds. The van der Waals surface area contributed by atoms with Crippen LogP contribution in [0.25, 0.3) is 10.9 Å². The van der Waals surface area contributed by atoms with Gasteiger partial charge in [-0.2, -0.15) is 5.10 Å². The zero-order chi connectivity index (χ0) is 10.8. The number of aromatic amines is 1. The van der Waals surface area contributed by atoms with Crippen molar-refractivity contribution in [2.45, 2.75) is 19.4 Å². The highest BCUT2D eigenvalue weighted by Crippen LogP contribution is 2.24. The summed E-state index contributed by atoms with van der Waals surface area (Å²) in [5.74, 6) is 0. The maximum Gasteiger partial charge on any atom is 0.108 e. The number of halogens is 1. The van der Waals surface area contributed by atoms with Gasteiger partial charge in [-0.25, -0.2) is 0 Å². The Balaban J connectivity index is 2.43. The van der Waals surface area contributed by atoms with E-state index >= 15 is 0 Å². The summed E-state index contributed by atoms with van der Waals surface area (Å²) in [6.45, 7) is 2.17. The summed E-state index contributed by atoms with van der Waals surface area (Å²) in [5.41, 5.74) is 2.34. The van der Waals surface area contributed by atoms with Crippen LogP contribution in [-0.2, 0) is 6.42 Å². The Morgan fingerprint density at radius 2 is 2.33 bits per heavy atom. The molecule has 0 bridgehead atoms. The van der Waals surface area contributed by atoms with Gasteiger partial charge in [-0.05, 0) is 41.9 Å². The molecule has 4 heteroatoms. The van der Waals surface area contributed by atoms with Crippen molar-refractivity contribution in [3.63, 3.8) is 0 Å². The third-order valence-corrected chi connectivity index (χ3v) is 3.25. The minimum atomic E-state index is 0.464.